The maximum absolute atomic E-state index is 6.32. The van der Waals surface area contributed by atoms with Gasteiger partial charge in [-0.15, -0.1) is 0 Å². The Morgan fingerprint density at radius 1 is 1.29 bits per heavy atom. The van der Waals surface area contributed by atoms with Gasteiger partial charge < -0.3 is 11.5 Å². The summed E-state index contributed by atoms with van der Waals surface area (Å²) < 4.78 is 0. The van der Waals surface area contributed by atoms with Crippen LogP contribution in [0, 0.1) is 11.8 Å². The highest BCUT2D eigenvalue weighted by Gasteiger charge is 2.24. The molecule has 0 aliphatic heterocycles. The molecule has 92 valence electrons. The van der Waals surface area contributed by atoms with Crippen molar-refractivity contribution in [3.05, 3.63) is 47.6 Å². The molecule has 0 saturated carbocycles. The van der Waals surface area contributed by atoms with Gasteiger partial charge in [-0.05, 0) is 29.4 Å². The highest BCUT2D eigenvalue weighted by atomic mass is 14.7. The average Bonchev–Trinajstić information content (AvgIpc) is 2.33. The molecule has 2 aliphatic rings. The predicted octanol–water partition coefficient (Wildman–Crippen LogP) is 2.30. The molecule has 4 atom stereocenters. The lowest BCUT2D eigenvalue weighted by Crippen LogP contribution is -2.40. The highest BCUT2D eigenvalue weighted by Crippen LogP contribution is 2.25. The smallest absolute Gasteiger partial charge is 0.0526 e. The zero-order chi connectivity index (χ0) is 12.4. The lowest BCUT2D eigenvalue weighted by Gasteiger charge is -2.29. The lowest BCUT2D eigenvalue weighted by molar-refractivity contribution is 0.567. The van der Waals surface area contributed by atoms with Crippen molar-refractivity contribution < 1.29 is 0 Å². The Labute approximate surface area is 104 Å². The Hall–Kier alpha value is -1.12. The van der Waals surface area contributed by atoms with Crippen LogP contribution < -0.4 is 11.5 Å². The van der Waals surface area contributed by atoms with E-state index >= 15 is 0 Å². The average molecular weight is 230 g/mol. The fourth-order valence-corrected chi connectivity index (χ4v) is 2.35. The maximum atomic E-state index is 6.32. The van der Waals surface area contributed by atoms with Crippen LogP contribution in [-0.2, 0) is 0 Å². The Bertz CT molecular complexity index is 401. The molecule has 0 fully saturated rings. The third-order valence-electron chi connectivity index (χ3n) is 3.72. The molecule has 0 aromatic rings. The number of allylic oxidation sites excluding steroid dienone is 4. The van der Waals surface area contributed by atoms with Crippen LogP contribution in [0.3, 0.4) is 0 Å². The van der Waals surface area contributed by atoms with Crippen LogP contribution in [0.5, 0.6) is 0 Å². The van der Waals surface area contributed by atoms with E-state index in [1.165, 1.54) is 5.57 Å². The van der Waals surface area contributed by atoms with E-state index in [1.807, 2.05) is 0 Å². The molecule has 0 amide bonds. The van der Waals surface area contributed by atoms with Crippen LogP contribution in [0.2, 0.25) is 0 Å². The fourth-order valence-electron chi connectivity index (χ4n) is 2.35. The Balaban J connectivity index is 2.16. The third-order valence-corrected chi connectivity index (χ3v) is 3.72. The van der Waals surface area contributed by atoms with Gasteiger partial charge in [0, 0.05) is 6.04 Å². The van der Waals surface area contributed by atoms with E-state index in [0.717, 1.165) is 12.0 Å². The number of rotatable bonds is 2. The molecule has 17 heavy (non-hydrogen) atoms. The van der Waals surface area contributed by atoms with E-state index in [9.17, 15) is 0 Å². The quantitative estimate of drug-likeness (QED) is 0.764. The largest absolute Gasteiger partial charge is 0.324 e. The van der Waals surface area contributed by atoms with Crippen molar-refractivity contribution in [3.63, 3.8) is 0 Å². The van der Waals surface area contributed by atoms with E-state index in [-0.39, 0.29) is 12.1 Å². The fraction of sp³-hybridized carbons (Fsp3) is 0.467. The van der Waals surface area contributed by atoms with Crippen molar-refractivity contribution in [2.75, 3.05) is 0 Å². The highest BCUT2D eigenvalue weighted by molar-refractivity contribution is 5.41. The first-order valence-corrected chi connectivity index (χ1v) is 6.37. The molecule has 2 nitrogen and oxygen atoms in total. The minimum absolute atomic E-state index is 0.0450. The standard InChI is InChI=1S/C15H22N2/c1-10-6-8-12(9-7-10)15(17)13-5-3-4-11(2)14(13)16/h3-6,8-11,14-15H,7,16-17H2,1-2H3. The second-order valence-corrected chi connectivity index (χ2v) is 5.19. The van der Waals surface area contributed by atoms with Gasteiger partial charge in [-0.3, -0.25) is 0 Å². The molecule has 0 spiro atoms. The Morgan fingerprint density at radius 2 is 2.06 bits per heavy atom. The maximum Gasteiger partial charge on any atom is 0.0526 e. The second-order valence-electron chi connectivity index (χ2n) is 5.19. The lowest BCUT2D eigenvalue weighted by atomic mass is 9.82. The van der Waals surface area contributed by atoms with Gasteiger partial charge >= 0.3 is 0 Å². The van der Waals surface area contributed by atoms with Crippen LogP contribution in [0.15, 0.2) is 47.6 Å². The number of hydrogen-bond donors (Lipinski definition) is 2. The zero-order valence-electron chi connectivity index (χ0n) is 10.6. The first kappa shape index (κ1) is 12.3. The first-order chi connectivity index (χ1) is 8.09. The van der Waals surface area contributed by atoms with Crippen molar-refractivity contribution >= 4 is 0 Å². The monoisotopic (exact) mass is 230 g/mol. The molecule has 4 N–H and O–H groups in total. The van der Waals surface area contributed by atoms with E-state index in [1.54, 1.807) is 0 Å². The van der Waals surface area contributed by atoms with Gasteiger partial charge in [-0.2, -0.15) is 0 Å². The van der Waals surface area contributed by atoms with Crippen molar-refractivity contribution in [2.45, 2.75) is 32.4 Å². The Morgan fingerprint density at radius 3 is 2.71 bits per heavy atom. The SMILES string of the molecule is CC1C=CC(C(N)C2=CC=CC(C)C2N)=CC1. The van der Waals surface area contributed by atoms with Crippen molar-refractivity contribution in [1.29, 1.82) is 0 Å². The Kier molecular flexibility index (Phi) is 3.65. The minimum Gasteiger partial charge on any atom is -0.324 e. The topological polar surface area (TPSA) is 52.0 Å². The summed E-state index contributed by atoms with van der Waals surface area (Å²) in [5, 5.41) is 0. The summed E-state index contributed by atoms with van der Waals surface area (Å²) >= 11 is 0. The summed E-state index contributed by atoms with van der Waals surface area (Å²) in [5.74, 6) is 0.993. The summed E-state index contributed by atoms with van der Waals surface area (Å²) in [7, 11) is 0. The summed E-state index contributed by atoms with van der Waals surface area (Å²) in [6.45, 7) is 4.35. The third kappa shape index (κ3) is 2.59. The van der Waals surface area contributed by atoms with Crippen molar-refractivity contribution in [1.82, 2.24) is 0 Å². The van der Waals surface area contributed by atoms with Crippen LogP contribution in [0.4, 0.5) is 0 Å². The minimum atomic E-state index is -0.0545. The zero-order valence-corrected chi connectivity index (χ0v) is 10.6. The van der Waals surface area contributed by atoms with E-state index in [2.05, 4.69) is 50.3 Å². The van der Waals surface area contributed by atoms with Crippen LogP contribution in [0.25, 0.3) is 0 Å². The molecule has 2 heteroatoms. The van der Waals surface area contributed by atoms with Gasteiger partial charge in [0.1, 0.15) is 0 Å². The van der Waals surface area contributed by atoms with Crippen LogP contribution in [0.1, 0.15) is 20.3 Å². The van der Waals surface area contributed by atoms with Gasteiger partial charge in [-0.25, -0.2) is 0 Å². The van der Waals surface area contributed by atoms with Gasteiger partial charge in [0.2, 0.25) is 0 Å². The molecular formula is C15H22N2. The summed E-state index contributed by atoms with van der Waals surface area (Å²) in [4.78, 5) is 0. The summed E-state index contributed by atoms with van der Waals surface area (Å²) in [6.07, 6.45) is 14.0. The van der Waals surface area contributed by atoms with Gasteiger partial charge in [0.25, 0.3) is 0 Å². The molecule has 2 aliphatic carbocycles. The van der Waals surface area contributed by atoms with Gasteiger partial charge in [-0.1, -0.05) is 50.3 Å². The predicted molar refractivity (Wildman–Crippen MR) is 73.3 cm³/mol. The van der Waals surface area contributed by atoms with Crippen LogP contribution >= 0.6 is 0 Å². The normalized spacial score (nSPS) is 34.2. The van der Waals surface area contributed by atoms with E-state index < -0.39 is 0 Å². The molecule has 0 radical (unpaired) electrons. The molecule has 0 aromatic carbocycles. The first-order valence-electron chi connectivity index (χ1n) is 6.37. The second kappa shape index (κ2) is 5.03. The molecular weight excluding hydrogens is 208 g/mol. The molecule has 0 saturated heterocycles. The number of nitrogens with two attached hydrogens (primary N) is 2. The molecule has 4 unspecified atom stereocenters. The van der Waals surface area contributed by atoms with Crippen molar-refractivity contribution in [3.8, 4) is 0 Å². The van der Waals surface area contributed by atoms with Crippen LogP contribution in [-0.4, -0.2) is 12.1 Å². The molecule has 2 rings (SSSR count). The molecule has 0 heterocycles. The number of hydrogen-bond acceptors (Lipinski definition) is 2. The van der Waals surface area contributed by atoms with Gasteiger partial charge in [0.05, 0.1) is 6.04 Å². The summed E-state index contributed by atoms with van der Waals surface area (Å²) in [5.41, 5.74) is 14.9. The van der Waals surface area contributed by atoms with Gasteiger partial charge in [0.15, 0.2) is 0 Å². The van der Waals surface area contributed by atoms with E-state index in [0.29, 0.717) is 11.8 Å². The van der Waals surface area contributed by atoms with E-state index in [4.69, 9.17) is 11.5 Å². The molecule has 0 aromatic heterocycles. The summed E-state index contributed by atoms with van der Waals surface area (Å²) in [6, 6.07) is -0.00944. The van der Waals surface area contributed by atoms with Crippen molar-refractivity contribution in [2.24, 2.45) is 23.3 Å². The molecule has 0 bridgehead atoms.